The van der Waals surface area contributed by atoms with Gasteiger partial charge >= 0.3 is 0 Å². The second-order valence-corrected chi connectivity index (χ2v) is 20.0. The molecule has 1 rings (SSSR count). The number of unbranched alkanes of at least 4 members (excludes halogenated alkanes) is 30. The molecule has 68 heavy (non-hydrogen) atoms. The molecule has 0 saturated carbocycles. The minimum absolute atomic E-state index is 0.242. The Hall–Kier alpha value is -1.67. The molecule has 11 nitrogen and oxygen atoms in total. The Bertz CT molecular complexity index is 1200. The van der Waals surface area contributed by atoms with E-state index in [9.17, 15) is 40.5 Å². The molecule has 8 N–H and O–H groups in total. The maximum absolute atomic E-state index is 13.1. The largest absolute Gasteiger partial charge is 0.394 e. The molecule has 9 unspecified atom stereocenters. The Labute approximate surface area is 416 Å². The Morgan fingerprint density at radius 2 is 0.882 bits per heavy atom. The van der Waals surface area contributed by atoms with Crippen molar-refractivity contribution < 1.29 is 50.0 Å². The van der Waals surface area contributed by atoms with Crippen molar-refractivity contribution in [3.8, 4) is 0 Å². The van der Waals surface area contributed by atoms with Gasteiger partial charge in [-0.2, -0.15) is 0 Å². The van der Waals surface area contributed by atoms with Crippen LogP contribution in [0.4, 0.5) is 0 Å². The first-order valence-electron chi connectivity index (χ1n) is 28.4. The Morgan fingerprint density at radius 3 is 1.31 bits per heavy atom. The first kappa shape index (κ1) is 64.3. The maximum Gasteiger partial charge on any atom is 0.249 e. The van der Waals surface area contributed by atoms with Crippen molar-refractivity contribution in [3.63, 3.8) is 0 Å². The van der Waals surface area contributed by atoms with E-state index >= 15 is 0 Å². The van der Waals surface area contributed by atoms with E-state index in [4.69, 9.17) is 9.47 Å². The molecule has 1 heterocycles. The second kappa shape index (κ2) is 46.4. The molecule has 1 aliphatic heterocycles. The van der Waals surface area contributed by atoms with Crippen LogP contribution in [-0.4, -0.2) is 110 Å². The molecule has 1 aliphatic rings. The normalized spacial score (nSPS) is 20.8. The van der Waals surface area contributed by atoms with Gasteiger partial charge in [-0.05, 0) is 64.2 Å². The number of rotatable bonds is 48. The second-order valence-electron chi connectivity index (χ2n) is 20.0. The lowest BCUT2D eigenvalue weighted by atomic mass is 9.98. The van der Waals surface area contributed by atoms with Gasteiger partial charge in [-0.15, -0.1) is 0 Å². The lowest BCUT2D eigenvalue weighted by Gasteiger charge is -2.40. The fourth-order valence-corrected chi connectivity index (χ4v) is 9.00. The zero-order chi connectivity index (χ0) is 49.7. The number of allylic oxidation sites excluding steroid dienone is 6. The van der Waals surface area contributed by atoms with Crippen LogP contribution in [0, 0.1) is 0 Å². The quantitative estimate of drug-likeness (QED) is 0.0215. The summed E-state index contributed by atoms with van der Waals surface area (Å²) >= 11 is 0. The number of ether oxygens (including phenoxy) is 2. The van der Waals surface area contributed by atoms with Gasteiger partial charge in [0.1, 0.15) is 36.6 Å². The minimum Gasteiger partial charge on any atom is -0.394 e. The summed E-state index contributed by atoms with van der Waals surface area (Å²) in [6, 6.07) is -1.19. The van der Waals surface area contributed by atoms with Crippen LogP contribution in [0.25, 0.3) is 0 Å². The zero-order valence-electron chi connectivity index (χ0n) is 43.6. The standard InChI is InChI=1S/C57H107NO10/c1-3-5-7-9-11-13-15-16-17-18-19-20-21-22-23-24-25-26-27-28-29-30-31-32-33-35-36-38-40-42-44-49(60)52(62)48(47-67-57-55(65)54(64)53(63)51(46-59)68-57)58-56(66)50(61)45-43-41-39-37-34-14-12-10-8-6-4-2/h27-28,31-32,36,38,48-55,57,59-65H,3-26,29-30,33-35,37,39-47H2,1-2H3,(H,58,66)/b28-27+,32-31+,38-36+. The van der Waals surface area contributed by atoms with Gasteiger partial charge in [0.2, 0.25) is 5.91 Å². The van der Waals surface area contributed by atoms with Gasteiger partial charge < -0.3 is 50.5 Å². The van der Waals surface area contributed by atoms with Crippen molar-refractivity contribution in [1.82, 2.24) is 5.32 Å². The van der Waals surface area contributed by atoms with Crippen LogP contribution in [0.1, 0.15) is 251 Å². The van der Waals surface area contributed by atoms with Crippen LogP contribution in [0.15, 0.2) is 36.5 Å². The van der Waals surface area contributed by atoms with E-state index in [-0.39, 0.29) is 12.8 Å². The topological polar surface area (TPSA) is 189 Å². The van der Waals surface area contributed by atoms with Crippen molar-refractivity contribution in [3.05, 3.63) is 36.5 Å². The highest BCUT2D eigenvalue weighted by Gasteiger charge is 2.44. The van der Waals surface area contributed by atoms with Crippen LogP contribution < -0.4 is 5.32 Å². The molecule has 0 bridgehead atoms. The Morgan fingerprint density at radius 1 is 0.500 bits per heavy atom. The van der Waals surface area contributed by atoms with Gasteiger partial charge in [0.25, 0.3) is 0 Å². The molecule has 9 atom stereocenters. The number of amides is 1. The van der Waals surface area contributed by atoms with Crippen molar-refractivity contribution in [2.45, 2.75) is 306 Å². The highest BCUT2D eigenvalue weighted by molar-refractivity contribution is 5.80. The number of aliphatic hydroxyl groups excluding tert-OH is 7. The highest BCUT2D eigenvalue weighted by atomic mass is 16.7. The Balaban J connectivity index is 2.29. The summed E-state index contributed by atoms with van der Waals surface area (Å²) in [5, 5.41) is 75.8. The molecule has 0 aromatic heterocycles. The van der Waals surface area contributed by atoms with Crippen molar-refractivity contribution in [1.29, 1.82) is 0 Å². The lowest BCUT2D eigenvalue weighted by molar-refractivity contribution is -0.303. The number of carbonyl (C=O) groups is 1. The molecule has 0 aliphatic carbocycles. The third-order valence-electron chi connectivity index (χ3n) is 13.7. The summed E-state index contributed by atoms with van der Waals surface area (Å²) in [6.07, 6.45) is 45.1. The fourth-order valence-electron chi connectivity index (χ4n) is 9.00. The van der Waals surface area contributed by atoms with Gasteiger partial charge in [-0.25, -0.2) is 0 Å². The number of aliphatic hydroxyl groups is 7. The number of carbonyl (C=O) groups excluding carboxylic acids is 1. The number of hydrogen-bond donors (Lipinski definition) is 8. The van der Waals surface area contributed by atoms with Crippen LogP contribution in [-0.2, 0) is 14.3 Å². The molecule has 0 aromatic carbocycles. The number of nitrogens with one attached hydrogen (secondary N) is 1. The fraction of sp³-hybridized carbons (Fsp3) is 0.877. The van der Waals surface area contributed by atoms with E-state index in [0.717, 1.165) is 44.9 Å². The van der Waals surface area contributed by atoms with Crippen LogP contribution in [0.3, 0.4) is 0 Å². The van der Waals surface area contributed by atoms with Crippen LogP contribution in [0.2, 0.25) is 0 Å². The summed E-state index contributed by atoms with van der Waals surface area (Å²) in [6.45, 7) is 3.42. The summed E-state index contributed by atoms with van der Waals surface area (Å²) in [4.78, 5) is 13.1. The van der Waals surface area contributed by atoms with E-state index in [1.54, 1.807) is 0 Å². The monoisotopic (exact) mass is 966 g/mol. The minimum atomic E-state index is -1.67. The maximum atomic E-state index is 13.1. The lowest BCUT2D eigenvalue weighted by Crippen LogP contribution is -2.60. The SMILES string of the molecule is CCCCCCCCCCCCCCCCCCC/C=C/CC/C=C/CC/C=C/CCCC(O)C(O)C(COC1OC(CO)C(O)C(O)C1O)NC(=O)C(O)CCCCCCCCCCCCC. The van der Waals surface area contributed by atoms with Crippen LogP contribution >= 0.6 is 0 Å². The molecule has 11 heteroatoms. The van der Waals surface area contributed by atoms with E-state index < -0.39 is 74.2 Å². The summed E-state index contributed by atoms with van der Waals surface area (Å²) in [5.74, 6) is -0.713. The molecule has 1 fully saturated rings. The average molecular weight is 966 g/mol. The first-order valence-corrected chi connectivity index (χ1v) is 28.4. The van der Waals surface area contributed by atoms with Gasteiger partial charge in [0, 0.05) is 0 Å². The van der Waals surface area contributed by atoms with Crippen molar-refractivity contribution in [2.24, 2.45) is 0 Å². The van der Waals surface area contributed by atoms with E-state index in [1.807, 2.05) is 0 Å². The van der Waals surface area contributed by atoms with Gasteiger partial charge in [0.05, 0.1) is 25.4 Å². The van der Waals surface area contributed by atoms with Gasteiger partial charge in [0.15, 0.2) is 6.29 Å². The molecule has 400 valence electrons. The smallest absolute Gasteiger partial charge is 0.249 e. The summed E-state index contributed by atoms with van der Waals surface area (Å²) in [7, 11) is 0. The molecule has 0 spiro atoms. The summed E-state index contributed by atoms with van der Waals surface area (Å²) in [5.41, 5.74) is 0. The van der Waals surface area contributed by atoms with Gasteiger partial charge in [-0.3, -0.25) is 4.79 Å². The van der Waals surface area contributed by atoms with E-state index in [2.05, 4.69) is 55.6 Å². The third-order valence-corrected chi connectivity index (χ3v) is 13.7. The first-order chi connectivity index (χ1) is 33.2. The van der Waals surface area contributed by atoms with Gasteiger partial charge in [-0.1, -0.05) is 224 Å². The molecular formula is C57H107NO10. The van der Waals surface area contributed by atoms with Crippen molar-refractivity contribution >= 4 is 5.91 Å². The van der Waals surface area contributed by atoms with Crippen molar-refractivity contribution in [2.75, 3.05) is 13.2 Å². The third kappa shape index (κ3) is 34.6. The average Bonchev–Trinajstić information content (AvgIpc) is 3.34. The zero-order valence-corrected chi connectivity index (χ0v) is 43.6. The predicted octanol–water partition coefficient (Wildman–Crippen LogP) is 11.5. The molecular weight excluding hydrogens is 859 g/mol. The van der Waals surface area contributed by atoms with E-state index in [0.29, 0.717) is 19.3 Å². The van der Waals surface area contributed by atoms with E-state index in [1.165, 1.54) is 161 Å². The highest BCUT2D eigenvalue weighted by Crippen LogP contribution is 2.23. The molecule has 1 amide bonds. The molecule has 0 aromatic rings. The number of hydrogen-bond acceptors (Lipinski definition) is 10. The predicted molar refractivity (Wildman–Crippen MR) is 279 cm³/mol. The van der Waals surface area contributed by atoms with Crippen LogP contribution in [0.5, 0.6) is 0 Å². The Kier molecular flexibility index (Phi) is 43.9. The molecule has 0 radical (unpaired) electrons. The summed E-state index contributed by atoms with van der Waals surface area (Å²) < 4.78 is 11.1. The molecule has 1 saturated heterocycles.